The van der Waals surface area contributed by atoms with Crippen molar-refractivity contribution in [3.8, 4) is 0 Å². The molecule has 0 fully saturated rings. The Morgan fingerprint density at radius 3 is 2.86 bits per heavy atom. The highest BCUT2D eigenvalue weighted by Gasteiger charge is 2.16. The molecule has 1 atom stereocenters. The zero-order chi connectivity index (χ0) is 15.4. The number of rotatable bonds is 5. The molecule has 0 aliphatic carbocycles. The number of aryl methyl sites for hydroxylation is 2. The highest BCUT2D eigenvalue weighted by atomic mass is 32.1. The van der Waals surface area contributed by atoms with E-state index in [0.29, 0.717) is 6.54 Å². The molecule has 0 aliphatic heterocycles. The summed E-state index contributed by atoms with van der Waals surface area (Å²) in [6, 6.07) is -0.190. The highest BCUT2D eigenvalue weighted by Crippen LogP contribution is 2.18. The van der Waals surface area contributed by atoms with Crippen molar-refractivity contribution in [2.45, 2.75) is 39.8 Å². The van der Waals surface area contributed by atoms with Gasteiger partial charge in [0.2, 0.25) is 0 Å². The monoisotopic (exact) mass is 324 g/mol. The molecule has 2 heterocycles. The van der Waals surface area contributed by atoms with Crippen LogP contribution in [0, 0.1) is 6.92 Å². The van der Waals surface area contributed by atoms with Crippen LogP contribution in [-0.2, 0) is 13.0 Å². The van der Waals surface area contributed by atoms with E-state index in [1.807, 2.05) is 25.4 Å². The molecule has 114 valence electrons. The fourth-order valence-electron chi connectivity index (χ4n) is 1.79. The van der Waals surface area contributed by atoms with Crippen molar-refractivity contribution in [2.24, 2.45) is 0 Å². The molecule has 21 heavy (non-hydrogen) atoms. The lowest BCUT2D eigenvalue weighted by Crippen LogP contribution is -2.38. The first-order chi connectivity index (χ1) is 9.99. The average Bonchev–Trinajstić information content (AvgIpc) is 3.07. The molecule has 7 heteroatoms. The second kappa shape index (κ2) is 7.00. The molecule has 0 unspecified atom stereocenters. The van der Waals surface area contributed by atoms with Crippen LogP contribution in [0.2, 0.25) is 0 Å². The van der Waals surface area contributed by atoms with Gasteiger partial charge in [-0.3, -0.25) is 0 Å². The van der Waals surface area contributed by atoms with Crippen molar-refractivity contribution >= 4 is 28.7 Å². The normalized spacial score (nSPS) is 12.2. The van der Waals surface area contributed by atoms with Crippen molar-refractivity contribution in [1.82, 2.24) is 20.2 Å². The van der Waals surface area contributed by atoms with Crippen LogP contribution in [0.1, 0.15) is 40.5 Å². The van der Waals surface area contributed by atoms with Gasteiger partial charge in [0.15, 0.2) is 0 Å². The summed E-state index contributed by atoms with van der Waals surface area (Å²) in [7, 11) is 1.78. The van der Waals surface area contributed by atoms with Crippen LogP contribution in [0.5, 0.6) is 0 Å². The van der Waals surface area contributed by atoms with E-state index < -0.39 is 0 Å². The van der Waals surface area contributed by atoms with E-state index in [1.54, 1.807) is 34.6 Å². The van der Waals surface area contributed by atoms with Gasteiger partial charge in [-0.15, -0.1) is 22.7 Å². The molecule has 5 nitrogen and oxygen atoms in total. The number of nitrogens with zero attached hydrogens (tertiary/aromatic N) is 3. The number of aromatic nitrogens is 2. The van der Waals surface area contributed by atoms with Crippen molar-refractivity contribution in [1.29, 1.82) is 0 Å². The smallest absolute Gasteiger partial charge is 0.318 e. The summed E-state index contributed by atoms with van der Waals surface area (Å²) in [6.45, 7) is 6.53. The second-order valence-corrected chi connectivity index (χ2v) is 7.02. The summed E-state index contributed by atoms with van der Waals surface area (Å²) in [5.74, 6) is 0. The van der Waals surface area contributed by atoms with Gasteiger partial charge < -0.3 is 10.2 Å². The van der Waals surface area contributed by atoms with E-state index in [0.717, 1.165) is 22.1 Å². The topological polar surface area (TPSA) is 58.1 Å². The van der Waals surface area contributed by atoms with Gasteiger partial charge in [0, 0.05) is 29.2 Å². The lowest BCUT2D eigenvalue weighted by atomic mass is 10.3. The molecule has 0 aliphatic rings. The van der Waals surface area contributed by atoms with Crippen molar-refractivity contribution in [3.63, 3.8) is 0 Å². The van der Waals surface area contributed by atoms with E-state index in [1.165, 1.54) is 4.88 Å². The summed E-state index contributed by atoms with van der Waals surface area (Å²) in [5.41, 5.74) is 0.985. The predicted molar refractivity (Wildman–Crippen MR) is 86.8 cm³/mol. The molecule has 2 aromatic heterocycles. The molecule has 2 rings (SSSR count). The summed E-state index contributed by atoms with van der Waals surface area (Å²) in [5, 5.41) is 6.84. The molecular formula is C14H20N4OS2. The first kappa shape index (κ1) is 15.9. The van der Waals surface area contributed by atoms with Crippen LogP contribution >= 0.6 is 22.7 Å². The van der Waals surface area contributed by atoms with Crippen molar-refractivity contribution in [2.75, 3.05) is 7.05 Å². The van der Waals surface area contributed by atoms with Crippen molar-refractivity contribution in [3.05, 3.63) is 32.2 Å². The maximum absolute atomic E-state index is 12.2. The van der Waals surface area contributed by atoms with Crippen LogP contribution in [0.3, 0.4) is 0 Å². The maximum Gasteiger partial charge on any atom is 0.318 e. The second-order valence-electron chi connectivity index (χ2n) is 4.93. The third-order valence-corrected chi connectivity index (χ3v) is 5.29. The Kier molecular flexibility index (Phi) is 5.30. The molecule has 0 spiro atoms. The molecule has 0 bridgehead atoms. The SMILES string of the molecule is CCc1cnc(CN(C)C(=O)N[C@@H](C)c2nc(C)cs2)s1. The van der Waals surface area contributed by atoms with Crippen LogP contribution in [0.15, 0.2) is 11.6 Å². The number of nitrogens with one attached hydrogen (secondary N) is 1. The van der Waals surface area contributed by atoms with Gasteiger partial charge in [-0.1, -0.05) is 6.92 Å². The molecule has 0 saturated heterocycles. The Morgan fingerprint density at radius 2 is 2.29 bits per heavy atom. The third kappa shape index (κ3) is 4.25. The molecular weight excluding hydrogens is 304 g/mol. The lowest BCUT2D eigenvalue weighted by Gasteiger charge is -2.19. The molecule has 1 N–H and O–H groups in total. The van der Waals surface area contributed by atoms with Crippen molar-refractivity contribution < 1.29 is 4.79 Å². The maximum atomic E-state index is 12.2. The minimum Gasteiger partial charge on any atom is -0.329 e. The Labute approximate surface area is 133 Å². The van der Waals surface area contributed by atoms with Crippen LogP contribution < -0.4 is 5.32 Å². The number of carbonyl (C=O) groups excluding carboxylic acids is 1. The molecule has 2 aromatic rings. The molecule has 0 radical (unpaired) electrons. The van der Waals surface area contributed by atoms with Gasteiger partial charge >= 0.3 is 6.03 Å². The quantitative estimate of drug-likeness (QED) is 0.917. The van der Waals surface area contributed by atoms with E-state index in [2.05, 4.69) is 22.2 Å². The van der Waals surface area contributed by atoms with Gasteiger partial charge in [0.25, 0.3) is 0 Å². The fraction of sp³-hybridized carbons (Fsp3) is 0.500. The number of hydrogen-bond acceptors (Lipinski definition) is 5. The largest absolute Gasteiger partial charge is 0.329 e. The Morgan fingerprint density at radius 1 is 1.52 bits per heavy atom. The number of amides is 2. The van der Waals surface area contributed by atoms with E-state index in [-0.39, 0.29) is 12.1 Å². The fourth-order valence-corrected chi connectivity index (χ4v) is 3.51. The third-order valence-electron chi connectivity index (χ3n) is 3.02. The molecule has 0 aromatic carbocycles. The van der Waals surface area contributed by atoms with Gasteiger partial charge in [-0.25, -0.2) is 14.8 Å². The number of hydrogen-bond donors (Lipinski definition) is 1. The minimum absolute atomic E-state index is 0.0823. The summed E-state index contributed by atoms with van der Waals surface area (Å²) in [4.78, 5) is 23.8. The Balaban J connectivity index is 1.90. The predicted octanol–water partition coefficient (Wildman–Crippen LogP) is 3.37. The number of carbonyl (C=O) groups is 1. The summed E-state index contributed by atoms with van der Waals surface area (Å²) < 4.78 is 0. The zero-order valence-corrected chi connectivity index (χ0v) is 14.3. The van der Waals surface area contributed by atoms with Gasteiger partial charge in [0.05, 0.1) is 12.6 Å². The summed E-state index contributed by atoms with van der Waals surface area (Å²) >= 11 is 3.22. The van der Waals surface area contributed by atoms with Gasteiger partial charge in [-0.2, -0.15) is 0 Å². The number of thiazole rings is 2. The minimum atomic E-state index is -0.108. The molecule has 0 saturated carbocycles. The Hall–Kier alpha value is -1.47. The average molecular weight is 324 g/mol. The first-order valence-corrected chi connectivity index (χ1v) is 8.56. The summed E-state index contributed by atoms with van der Waals surface area (Å²) in [6.07, 6.45) is 2.86. The van der Waals surface area contributed by atoms with E-state index >= 15 is 0 Å². The lowest BCUT2D eigenvalue weighted by molar-refractivity contribution is 0.203. The van der Waals surface area contributed by atoms with Crippen LogP contribution in [0.25, 0.3) is 0 Å². The van der Waals surface area contributed by atoms with Gasteiger partial charge in [0.1, 0.15) is 10.0 Å². The first-order valence-electron chi connectivity index (χ1n) is 6.86. The van der Waals surface area contributed by atoms with Crippen LogP contribution in [-0.4, -0.2) is 27.9 Å². The Bertz CT molecular complexity index is 608. The van der Waals surface area contributed by atoms with Crippen LogP contribution in [0.4, 0.5) is 4.79 Å². The zero-order valence-electron chi connectivity index (χ0n) is 12.7. The standard InChI is InChI=1S/C14H20N4OS2/c1-5-11-6-15-12(21-11)7-18(4)14(19)17-10(3)13-16-9(2)8-20-13/h6,8,10H,5,7H2,1-4H3,(H,17,19)/t10-/m0/s1. The highest BCUT2D eigenvalue weighted by molar-refractivity contribution is 7.11. The van der Waals surface area contributed by atoms with E-state index in [4.69, 9.17) is 0 Å². The number of urea groups is 1. The molecule has 2 amide bonds. The van der Waals surface area contributed by atoms with E-state index in [9.17, 15) is 4.79 Å². The van der Waals surface area contributed by atoms with Gasteiger partial charge in [-0.05, 0) is 20.3 Å².